The van der Waals surface area contributed by atoms with E-state index in [1.165, 1.54) is 6.07 Å². The fraction of sp³-hybridized carbons (Fsp3) is 0.417. The molecule has 0 radical (unpaired) electrons. The van der Waals surface area contributed by atoms with Gasteiger partial charge in [0.15, 0.2) is 0 Å². The summed E-state index contributed by atoms with van der Waals surface area (Å²) in [7, 11) is 0. The first-order valence-electron chi connectivity index (χ1n) is 5.86. The number of amides is 1. The SMILES string of the molecule is Cc1cc(C)c([N+](=O)[O-])cc1NC(=O)C1CSCN1. The molecule has 1 atom stereocenters. The van der Waals surface area contributed by atoms with Gasteiger partial charge in [-0.05, 0) is 25.5 Å². The van der Waals surface area contributed by atoms with E-state index in [1.54, 1.807) is 24.8 Å². The number of aryl methyl sites for hydroxylation is 2. The first-order chi connectivity index (χ1) is 8.99. The molecule has 6 nitrogen and oxygen atoms in total. The van der Waals surface area contributed by atoms with Crippen LogP contribution >= 0.6 is 11.8 Å². The van der Waals surface area contributed by atoms with Crippen LogP contribution < -0.4 is 10.6 Å². The topological polar surface area (TPSA) is 84.3 Å². The lowest BCUT2D eigenvalue weighted by Crippen LogP contribution is -2.37. The Morgan fingerprint density at radius 3 is 2.79 bits per heavy atom. The average molecular weight is 281 g/mol. The van der Waals surface area contributed by atoms with Crippen LogP contribution in [-0.4, -0.2) is 28.5 Å². The van der Waals surface area contributed by atoms with Crippen LogP contribution in [0.25, 0.3) is 0 Å². The number of nitrogens with zero attached hydrogens (tertiary/aromatic N) is 1. The van der Waals surface area contributed by atoms with E-state index in [1.807, 2.05) is 6.92 Å². The Morgan fingerprint density at radius 1 is 1.47 bits per heavy atom. The van der Waals surface area contributed by atoms with Gasteiger partial charge in [-0.15, -0.1) is 11.8 Å². The molecule has 0 aromatic heterocycles. The minimum Gasteiger partial charge on any atom is -0.324 e. The van der Waals surface area contributed by atoms with Gasteiger partial charge in [-0.3, -0.25) is 20.2 Å². The molecule has 102 valence electrons. The average Bonchev–Trinajstić information content (AvgIpc) is 2.85. The molecule has 1 aliphatic heterocycles. The lowest BCUT2D eigenvalue weighted by atomic mass is 10.1. The number of rotatable bonds is 3. The number of anilines is 1. The van der Waals surface area contributed by atoms with Crippen molar-refractivity contribution < 1.29 is 9.72 Å². The summed E-state index contributed by atoms with van der Waals surface area (Å²) in [6, 6.07) is 2.90. The van der Waals surface area contributed by atoms with Gasteiger partial charge in [0.25, 0.3) is 5.69 Å². The largest absolute Gasteiger partial charge is 0.324 e. The maximum Gasteiger partial charge on any atom is 0.274 e. The van der Waals surface area contributed by atoms with E-state index >= 15 is 0 Å². The molecule has 1 saturated heterocycles. The van der Waals surface area contributed by atoms with Crippen molar-refractivity contribution in [2.45, 2.75) is 19.9 Å². The van der Waals surface area contributed by atoms with E-state index in [4.69, 9.17) is 0 Å². The molecule has 1 heterocycles. The van der Waals surface area contributed by atoms with E-state index in [2.05, 4.69) is 10.6 Å². The van der Waals surface area contributed by atoms with Gasteiger partial charge in [0, 0.05) is 23.3 Å². The van der Waals surface area contributed by atoms with E-state index < -0.39 is 4.92 Å². The van der Waals surface area contributed by atoms with Crippen LogP contribution in [0.1, 0.15) is 11.1 Å². The molecule has 2 N–H and O–H groups in total. The zero-order chi connectivity index (χ0) is 14.0. The molecule has 7 heteroatoms. The number of carbonyl (C=O) groups excluding carboxylic acids is 1. The van der Waals surface area contributed by atoms with Crippen molar-refractivity contribution >= 4 is 29.0 Å². The first kappa shape index (κ1) is 13.8. The number of hydrogen-bond acceptors (Lipinski definition) is 5. The summed E-state index contributed by atoms with van der Waals surface area (Å²) in [4.78, 5) is 22.4. The summed E-state index contributed by atoms with van der Waals surface area (Å²) in [5.41, 5.74) is 1.94. The number of carbonyl (C=O) groups is 1. The molecule has 1 unspecified atom stereocenters. The molecular formula is C12H15N3O3S. The Hall–Kier alpha value is -1.60. The highest BCUT2D eigenvalue weighted by Crippen LogP contribution is 2.26. The zero-order valence-electron chi connectivity index (χ0n) is 10.7. The van der Waals surface area contributed by atoms with Crippen LogP contribution in [0.15, 0.2) is 12.1 Å². The van der Waals surface area contributed by atoms with Crippen molar-refractivity contribution in [2.24, 2.45) is 0 Å². The molecule has 1 aromatic carbocycles. The quantitative estimate of drug-likeness (QED) is 0.652. The molecule has 1 amide bonds. The second kappa shape index (κ2) is 5.58. The second-order valence-electron chi connectivity index (χ2n) is 4.47. The number of nitrogens with one attached hydrogen (secondary N) is 2. The highest BCUT2D eigenvalue weighted by atomic mass is 32.2. The lowest BCUT2D eigenvalue weighted by Gasteiger charge is -2.13. The Balaban J connectivity index is 2.21. The maximum absolute atomic E-state index is 12.0. The van der Waals surface area contributed by atoms with Gasteiger partial charge >= 0.3 is 0 Å². The van der Waals surface area contributed by atoms with Gasteiger partial charge in [0.1, 0.15) is 0 Å². The summed E-state index contributed by atoms with van der Waals surface area (Å²) < 4.78 is 0. The number of nitro groups is 1. The van der Waals surface area contributed by atoms with Gasteiger partial charge in [-0.25, -0.2) is 0 Å². The van der Waals surface area contributed by atoms with Crippen LogP contribution in [0.2, 0.25) is 0 Å². The van der Waals surface area contributed by atoms with Crippen molar-refractivity contribution in [3.63, 3.8) is 0 Å². The van der Waals surface area contributed by atoms with Crippen LogP contribution in [0.4, 0.5) is 11.4 Å². The number of hydrogen-bond donors (Lipinski definition) is 2. The number of thioether (sulfide) groups is 1. The molecule has 1 fully saturated rings. The lowest BCUT2D eigenvalue weighted by molar-refractivity contribution is -0.385. The monoisotopic (exact) mass is 281 g/mol. The molecule has 0 bridgehead atoms. The maximum atomic E-state index is 12.0. The Kier molecular flexibility index (Phi) is 4.06. The Labute approximate surface area is 115 Å². The summed E-state index contributed by atoms with van der Waals surface area (Å²) >= 11 is 1.66. The minimum atomic E-state index is -0.436. The van der Waals surface area contributed by atoms with Crippen LogP contribution in [0.5, 0.6) is 0 Å². The number of nitro benzene ring substituents is 1. The predicted molar refractivity (Wildman–Crippen MR) is 75.4 cm³/mol. The molecule has 1 aromatic rings. The van der Waals surface area contributed by atoms with Gasteiger partial charge < -0.3 is 5.32 Å². The third-order valence-corrected chi connectivity index (χ3v) is 3.97. The van der Waals surface area contributed by atoms with Gasteiger partial charge in [-0.2, -0.15) is 0 Å². The third kappa shape index (κ3) is 3.05. The zero-order valence-corrected chi connectivity index (χ0v) is 11.5. The summed E-state index contributed by atoms with van der Waals surface area (Å²) in [6.07, 6.45) is 0. The fourth-order valence-electron chi connectivity index (χ4n) is 1.96. The van der Waals surface area contributed by atoms with E-state index in [9.17, 15) is 14.9 Å². The summed E-state index contributed by atoms with van der Waals surface area (Å²) in [6.45, 7) is 3.51. The highest BCUT2D eigenvalue weighted by molar-refractivity contribution is 7.99. The van der Waals surface area contributed by atoms with E-state index in [-0.39, 0.29) is 17.6 Å². The van der Waals surface area contributed by atoms with Crippen LogP contribution in [-0.2, 0) is 4.79 Å². The predicted octanol–water partition coefficient (Wildman–Crippen LogP) is 1.81. The molecule has 19 heavy (non-hydrogen) atoms. The number of benzene rings is 1. The summed E-state index contributed by atoms with van der Waals surface area (Å²) in [5.74, 6) is 1.33. The molecule has 2 rings (SSSR count). The standard InChI is InChI=1S/C12H15N3O3S/c1-7-3-8(2)11(15(17)18)4-9(7)14-12(16)10-5-19-6-13-10/h3-4,10,13H,5-6H2,1-2H3,(H,14,16). The van der Waals surface area contributed by atoms with Crippen molar-refractivity contribution in [1.82, 2.24) is 5.32 Å². The molecular weight excluding hydrogens is 266 g/mol. The normalized spacial score (nSPS) is 18.3. The first-order valence-corrected chi connectivity index (χ1v) is 7.02. The summed E-state index contributed by atoms with van der Waals surface area (Å²) in [5, 5.41) is 16.7. The van der Waals surface area contributed by atoms with Crippen molar-refractivity contribution in [1.29, 1.82) is 0 Å². The Morgan fingerprint density at radius 2 is 2.21 bits per heavy atom. The van der Waals surface area contributed by atoms with Gasteiger partial charge in [0.2, 0.25) is 5.91 Å². The molecule has 0 spiro atoms. The van der Waals surface area contributed by atoms with Crippen molar-refractivity contribution in [3.05, 3.63) is 33.4 Å². The van der Waals surface area contributed by atoms with Gasteiger partial charge in [-0.1, -0.05) is 0 Å². The van der Waals surface area contributed by atoms with Crippen molar-refractivity contribution in [3.8, 4) is 0 Å². The fourth-order valence-corrected chi connectivity index (χ4v) is 2.90. The minimum absolute atomic E-state index is 0.0228. The smallest absolute Gasteiger partial charge is 0.274 e. The molecule has 1 aliphatic rings. The third-order valence-electron chi connectivity index (χ3n) is 3.03. The molecule has 0 saturated carbocycles. The van der Waals surface area contributed by atoms with Crippen LogP contribution in [0, 0.1) is 24.0 Å². The highest BCUT2D eigenvalue weighted by Gasteiger charge is 2.23. The van der Waals surface area contributed by atoms with Gasteiger partial charge in [0.05, 0.1) is 16.7 Å². The van der Waals surface area contributed by atoms with E-state index in [0.717, 1.165) is 17.2 Å². The molecule has 0 aliphatic carbocycles. The van der Waals surface area contributed by atoms with Crippen molar-refractivity contribution in [2.75, 3.05) is 16.9 Å². The van der Waals surface area contributed by atoms with E-state index in [0.29, 0.717) is 11.3 Å². The second-order valence-corrected chi connectivity index (χ2v) is 5.50. The Bertz CT molecular complexity index is 527. The van der Waals surface area contributed by atoms with Crippen LogP contribution in [0.3, 0.4) is 0 Å².